The molecule has 1 aromatic carbocycles. The predicted octanol–water partition coefficient (Wildman–Crippen LogP) is 2.77. The van der Waals surface area contributed by atoms with Crippen molar-refractivity contribution in [1.29, 1.82) is 0 Å². The highest BCUT2D eigenvalue weighted by Gasteiger charge is 1.98. The van der Waals surface area contributed by atoms with Gasteiger partial charge in [0.1, 0.15) is 5.75 Å². The molecule has 0 saturated heterocycles. The van der Waals surface area contributed by atoms with E-state index in [1.165, 1.54) is 11.3 Å². The molecule has 6 heteroatoms. The molecule has 0 fully saturated rings. The van der Waals surface area contributed by atoms with Crippen LogP contribution in [0.2, 0.25) is 0 Å². The van der Waals surface area contributed by atoms with E-state index in [1.54, 1.807) is 14.2 Å². The number of nitrogens with one attached hydrogen (secondary N) is 2. The summed E-state index contributed by atoms with van der Waals surface area (Å²) in [6.07, 6.45) is 4.25. The van der Waals surface area contributed by atoms with Gasteiger partial charge in [-0.3, -0.25) is 4.99 Å². The third-order valence-corrected chi connectivity index (χ3v) is 3.60. The van der Waals surface area contributed by atoms with Crippen molar-refractivity contribution in [2.24, 2.45) is 4.99 Å². The fourth-order valence-electron chi connectivity index (χ4n) is 1.76. The summed E-state index contributed by atoms with van der Waals surface area (Å²) in [7, 11) is 3.49. The molecule has 0 aromatic heterocycles. The number of methoxy groups -OCH3 is 1. The largest absolute Gasteiger partial charge is 0.497 e. The maximum Gasteiger partial charge on any atom is 0.190 e. The maximum absolute atomic E-state index is 5.15. The van der Waals surface area contributed by atoms with Gasteiger partial charge in [0.15, 0.2) is 5.96 Å². The van der Waals surface area contributed by atoms with E-state index >= 15 is 0 Å². The first kappa shape index (κ1) is 20.4. The summed E-state index contributed by atoms with van der Waals surface area (Å²) in [5, 5.41) is 6.64. The molecule has 0 spiro atoms. The number of halogens is 1. The molecule has 0 atom stereocenters. The molecular formula is C15H26IN3OS. The number of hydrogen-bond acceptors (Lipinski definition) is 3. The van der Waals surface area contributed by atoms with Crippen LogP contribution < -0.4 is 15.4 Å². The van der Waals surface area contributed by atoms with Gasteiger partial charge >= 0.3 is 0 Å². The Balaban J connectivity index is 0.00000400. The fourth-order valence-corrected chi connectivity index (χ4v) is 2.19. The summed E-state index contributed by atoms with van der Waals surface area (Å²) in [5.41, 5.74) is 1.29. The molecule has 0 heterocycles. The van der Waals surface area contributed by atoms with E-state index in [2.05, 4.69) is 34.0 Å². The Morgan fingerprint density at radius 3 is 2.43 bits per heavy atom. The maximum atomic E-state index is 5.15. The smallest absolute Gasteiger partial charge is 0.190 e. The second-order valence-corrected chi connectivity index (χ2v) is 5.36. The van der Waals surface area contributed by atoms with Crippen LogP contribution in [0, 0.1) is 0 Å². The van der Waals surface area contributed by atoms with E-state index in [0.717, 1.165) is 37.6 Å². The highest BCUT2D eigenvalue weighted by Crippen LogP contribution is 2.11. The molecule has 0 aliphatic rings. The van der Waals surface area contributed by atoms with Gasteiger partial charge in [-0.25, -0.2) is 0 Å². The highest BCUT2D eigenvalue weighted by atomic mass is 127. The molecule has 0 saturated carbocycles. The van der Waals surface area contributed by atoms with Crippen molar-refractivity contribution in [1.82, 2.24) is 10.6 Å². The van der Waals surface area contributed by atoms with Crippen LogP contribution in [-0.4, -0.2) is 45.2 Å². The topological polar surface area (TPSA) is 45.7 Å². The van der Waals surface area contributed by atoms with Gasteiger partial charge in [-0.2, -0.15) is 11.8 Å². The number of thioether (sulfide) groups is 1. The highest BCUT2D eigenvalue weighted by molar-refractivity contribution is 14.0. The van der Waals surface area contributed by atoms with Crippen LogP contribution in [0.5, 0.6) is 5.75 Å². The third kappa shape index (κ3) is 9.08. The zero-order valence-corrected chi connectivity index (χ0v) is 16.2. The van der Waals surface area contributed by atoms with Crippen molar-refractivity contribution in [3.63, 3.8) is 0 Å². The zero-order valence-electron chi connectivity index (χ0n) is 13.0. The third-order valence-electron chi connectivity index (χ3n) is 2.91. The van der Waals surface area contributed by atoms with Crippen LogP contribution in [0.3, 0.4) is 0 Å². The van der Waals surface area contributed by atoms with Crippen LogP contribution in [0.1, 0.15) is 12.0 Å². The van der Waals surface area contributed by atoms with Gasteiger partial charge in [0, 0.05) is 20.1 Å². The molecule has 4 nitrogen and oxygen atoms in total. The Bertz CT molecular complexity index is 398. The summed E-state index contributed by atoms with van der Waals surface area (Å²) in [5.74, 6) is 2.95. The van der Waals surface area contributed by atoms with Crippen LogP contribution >= 0.6 is 35.7 Å². The lowest BCUT2D eigenvalue weighted by Crippen LogP contribution is -2.38. The molecule has 21 heavy (non-hydrogen) atoms. The summed E-state index contributed by atoms with van der Waals surface area (Å²) in [6, 6.07) is 8.17. The van der Waals surface area contributed by atoms with Crippen molar-refractivity contribution < 1.29 is 4.74 Å². The minimum atomic E-state index is 0. The minimum absolute atomic E-state index is 0. The summed E-state index contributed by atoms with van der Waals surface area (Å²) in [6.45, 7) is 1.83. The van der Waals surface area contributed by atoms with E-state index in [0.29, 0.717) is 0 Å². The van der Waals surface area contributed by atoms with Crippen molar-refractivity contribution in [3.05, 3.63) is 29.8 Å². The lowest BCUT2D eigenvalue weighted by molar-refractivity contribution is 0.414. The Labute approximate surface area is 149 Å². The molecule has 120 valence electrons. The first-order valence-corrected chi connectivity index (χ1v) is 8.26. The Kier molecular flexibility index (Phi) is 12.7. The first-order valence-electron chi connectivity index (χ1n) is 6.86. The van der Waals surface area contributed by atoms with Crippen molar-refractivity contribution in [2.75, 3.05) is 39.3 Å². The minimum Gasteiger partial charge on any atom is -0.497 e. The standard InChI is InChI=1S/C15H25N3OS.HI/c1-16-15(17-10-4-12-20-3)18-11-9-13-5-7-14(19-2)8-6-13;/h5-8H,4,9-12H2,1-3H3,(H2,16,17,18);1H. The molecule has 0 aliphatic heterocycles. The number of rotatable bonds is 8. The van der Waals surface area contributed by atoms with Gasteiger partial charge in [-0.15, -0.1) is 24.0 Å². The van der Waals surface area contributed by atoms with Gasteiger partial charge in [0.05, 0.1) is 7.11 Å². The number of nitrogens with zero attached hydrogens (tertiary/aromatic N) is 1. The number of benzene rings is 1. The molecule has 0 amide bonds. The van der Waals surface area contributed by atoms with Gasteiger partial charge in [-0.1, -0.05) is 12.1 Å². The molecule has 1 rings (SSSR count). The summed E-state index contributed by atoms with van der Waals surface area (Å²) in [4.78, 5) is 4.21. The molecule has 1 aromatic rings. The van der Waals surface area contributed by atoms with Crippen LogP contribution in [0.15, 0.2) is 29.3 Å². The quantitative estimate of drug-likeness (QED) is 0.292. The average Bonchev–Trinajstić information content (AvgIpc) is 2.50. The van der Waals surface area contributed by atoms with Gasteiger partial charge < -0.3 is 15.4 Å². The fraction of sp³-hybridized carbons (Fsp3) is 0.533. The Morgan fingerprint density at radius 1 is 1.19 bits per heavy atom. The number of hydrogen-bond donors (Lipinski definition) is 2. The van der Waals surface area contributed by atoms with Crippen LogP contribution in [0.4, 0.5) is 0 Å². The van der Waals surface area contributed by atoms with Crippen molar-refractivity contribution >= 4 is 41.7 Å². The molecular weight excluding hydrogens is 397 g/mol. The Hall–Kier alpha value is -0.630. The summed E-state index contributed by atoms with van der Waals surface area (Å²) < 4.78 is 5.15. The monoisotopic (exact) mass is 423 g/mol. The first-order chi connectivity index (χ1) is 9.80. The van der Waals surface area contributed by atoms with E-state index in [4.69, 9.17) is 4.74 Å². The average molecular weight is 423 g/mol. The van der Waals surface area contributed by atoms with Crippen LogP contribution in [0.25, 0.3) is 0 Å². The lowest BCUT2D eigenvalue weighted by atomic mass is 10.1. The van der Waals surface area contributed by atoms with Crippen molar-refractivity contribution in [2.45, 2.75) is 12.8 Å². The zero-order chi connectivity index (χ0) is 14.6. The van der Waals surface area contributed by atoms with E-state index in [-0.39, 0.29) is 24.0 Å². The normalized spacial score (nSPS) is 10.7. The summed E-state index contributed by atoms with van der Waals surface area (Å²) >= 11 is 1.87. The Morgan fingerprint density at radius 2 is 1.86 bits per heavy atom. The second-order valence-electron chi connectivity index (χ2n) is 4.37. The van der Waals surface area contributed by atoms with Crippen LogP contribution in [-0.2, 0) is 6.42 Å². The molecule has 2 N–H and O–H groups in total. The van der Waals surface area contributed by atoms with Gasteiger partial charge in [-0.05, 0) is 42.5 Å². The molecule has 0 aliphatic carbocycles. The van der Waals surface area contributed by atoms with Gasteiger partial charge in [0.25, 0.3) is 0 Å². The molecule has 0 unspecified atom stereocenters. The lowest BCUT2D eigenvalue weighted by Gasteiger charge is -2.11. The van der Waals surface area contributed by atoms with E-state index in [9.17, 15) is 0 Å². The number of ether oxygens (including phenoxy) is 1. The second kappa shape index (κ2) is 13.1. The number of guanidine groups is 1. The number of aliphatic imine (C=N–C) groups is 1. The molecule has 0 bridgehead atoms. The van der Waals surface area contributed by atoms with Crippen molar-refractivity contribution in [3.8, 4) is 5.75 Å². The molecule has 0 radical (unpaired) electrons. The van der Waals surface area contributed by atoms with E-state index in [1.807, 2.05) is 23.9 Å². The van der Waals surface area contributed by atoms with E-state index < -0.39 is 0 Å². The predicted molar refractivity (Wildman–Crippen MR) is 104 cm³/mol. The SMILES string of the molecule is CN=C(NCCCSC)NCCc1ccc(OC)cc1.I. The van der Waals surface area contributed by atoms with Gasteiger partial charge in [0.2, 0.25) is 0 Å².